The number of para-hydroxylation sites is 2. The molecule has 2 amide bonds. The highest BCUT2D eigenvalue weighted by Crippen LogP contribution is 2.24. The average molecular weight is 406 g/mol. The molecule has 156 valence electrons. The molecule has 0 aliphatic rings. The second-order valence-corrected chi connectivity index (χ2v) is 8.11. The van der Waals surface area contributed by atoms with Gasteiger partial charge in [0.15, 0.2) is 5.82 Å². The zero-order valence-corrected chi connectivity index (χ0v) is 17.7. The van der Waals surface area contributed by atoms with Gasteiger partial charge in [0.1, 0.15) is 0 Å². The van der Waals surface area contributed by atoms with Crippen LogP contribution in [0.2, 0.25) is 0 Å². The van der Waals surface area contributed by atoms with Crippen LogP contribution < -0.4 is 10.6 Å². The molecule has 1 heterocycles. The Morgan fingerprint density at radius 2 is 1.60 bits per heavy atom. The molecule has 3 rings (SSSR count). The van der Waals surface area contributed by atoms with Gasteiger partial charge in [-0.2, -0.15) is 4.98 Å². The van der Waals surface area contributed by atoms with Crippen LogP contribution in [0, 0.1) is 6.92 Å². The van der Waals surface area contributed by atoms with Gasteiger partial charge in [-0.05, 0) is 42.2 Å². The smallest absolute Gasteiger partial charge is 0.255 e. The minimum Gasteiger partial charge on any atom is -0.339 e. The number of hydrogen-bond acceptors (Lipinski definition) is 5. The molecule has 0 aliphatic heterocycles. The number of carbonyl (C=O) groups is 2. The van der Waals surface area contributed by atoms with E-state index in [1.165, 1.54) is 0 Å². The maximum absolute atomic E-state index is 12.7. The monoisotopic (exact) mass is 406 g/mol. The first-order valence-electron chi connectivity index (χ1n) is 9.82. The lowest BCUT2D eigenvalue weighted by Gasteiger charge is -2.19. The van der Waals surface area contributed by atoms with Crippen molar-refractivity contribution in [1.82, 2.24) is 10.1 Å². The van der Waals surface area contributed by atoms with Gasteiger partial charge in [-0.3, -0.25) is 9.59 Å². The number of benzene rings is 2. The van der Waals surface area contributed by atoms with Crippen LogP contribution in [0.3, 0.4) is 0 Å². The first-order valence-corrected chi connectivity index (χ1v) is 9.82. The highest BCUT2D eigenvalue weighted by Gasteiger charge is 2.15. The molecule has 0 saturated heterocycles. The van der Waals surface area contributed by atoms with Crippen molar-refractivity contribution in [2.75, 3.05) is 10.6 Å². The molecule has 1 aromatic heterocycles. The molecule has 3 aromatic rings. The molecule has 0 fully saturated rings. The summed E-state index contributed by atoms with van der Waals surface area (Å²) in [5.74, 6) is 0.512. The van der Waals surface area contributed by atoms with Crippen molar-refractivity contribution in [3.63, 3.8) is 0 Å². The molecule has 0 unspecified atom stereocenters. The fraction of sp³-hybridized carbons (Fsp3) is 0.304. The number of anilines is 2. The maximum atomic E-state index is 12.7. The summed E-state index contributed by atoms with van der Waals surface area (Å²) in [6, 6.07) is 14.6. The molecule has 2 aromatic carbocycles. The minimum absolute atomic E-state index is 0.0197. The first kappa shape index (κ1) is 21.2. The lowest BCUT2D eigenvalue weighted by Crippen LogP contribution is -2.17. The number of carbonyl (C=O) groups excluding carboxylic acids is 2. The highest BCUT2D eigenvalue weighted by molar-refractivity contribution is 6.07. The van der Waals surface area contributed by atoms with Crippen molar-refractivity contribution < 1.29 is 14.1 Å². The standard InChI is InChI=1S/C23H26N4O3/c1-15-24-21(30-27-15)14-13-20(28)25-18-7-5-6-8-19(18)26-22(29)16-9-11-17(12-10-16)23(2,3)4/h5-12H,13-14H2,1-4H3,(H,25,28)(H,26,29). The summed E-state index contributed by atoms with van der Waals surface area (Å²) >= 11 is 0. The Kier molecular flexibility index (Phi) is 6.30. The topological polar surface area (TPSA) is 97.1 Å². The van der Waals surface area contributed by atoms with E-state index in [2.05, 4.69) is 41.5 Å². The van der Waals surface area contributed by atoms with E-state index in [4.69, 9.17) is 4.52 Å². The van der Waals surface area contributed by atoms with Gasteiger partial charge in [-0.25, -0.2) is 0 Å². The summed E-state index contributed by atoms with van der Waals surface area (Å²) in [6.45, 7) is 8.10. The third-order valence-electron chi connectivity index (χ3n) is 4.60. The maximum Gasteiger partial charge on any atom is 0.255 e. The van der Waals surface area contributed by atoms with Crippen molar-refractivity contribution in [1.29, 1.82) is 0 Å². The second kappa shape index (κ2) is 8.90. The Morgan fingerprint density at radius 3 is 2.17 bits per heavy atom. The lowest BCUT2D eigenvalue weighted by atomic mass is 9.87. The van der Waals surface area contributed by atoms with E-state index in [9.17, 15) is 9.59 Å². The Bertz CT molecular complexity index is 1030. The molecule has 0 aliphatic carbocycles. The van der Waals surface area contributed by atoms with Crippen molar-refractivity contribution >= 4 is 23.2 Å². The molecule has 7 heteroatoms. The van der Waals surface area contributed by atoms with Crippen molar-refractivity contribution in [3.05, 3.63) is 71.4 Å². The van der Waals surface area contributed by atoms with Gasteiger partial charge in [-0.1, -0.05) is 50.2 Å². The van der Waals surface area contributed by atoms with E-state index in [1.54, 1.807) is 31.2 Å². The number of hydrogen-bond donors (Lipinski definition) is 2. The zero-order chi connectivity index (χ0) is 21.7. The predicted molar refractivity (Wildman–Crippen MR) is 116 cm³/mol. The molecule has 2 N–H and O–H groups in total. The molecule has 0 spiro atoms. The molecule has 0 atom stereocenters. The normalized spacial score (nSPS) is 11.2. The summed E-state index contributed by atoms with van der Waals surface area (Å²) in [5.41, 5.74) is 2.79. The van der Waals surface area contributed by atoms with Gasteiger partial charge < -0.3 is 15.2 Å². The quantitative estimate of drug-likeness (QED) is 0.628. The van der Waals surface area contributed by atoms with Gasteiger partial charge in [0.05, 0.1) is 11.4 Å². The third-order valence-corrected chi connectivity index (χ3v) is 4.60. The Hall–Kier alpha value is -3.48. The molecular formula is C23H26N4O3. The molecule has 0 radical (unpaired) electrons. The Labute approximate surface area is 175 Å². The van der Waals surface area contributed by atoms with Gasteiger partial charge in [0.2, 0.25) is 11.8 Å². The summed E-state index contributed by atoms with van der Waals surface area (Å²) in [7, 11) is 0. The predicted octanol–water partition coefficient (Wildman–Crippen LogP) is 4.50. The van der Waals surface area contributed by atoms with Gasteiger partial charge in [0, 0.05) is 18.4 Å². The summed E-state index contributed by atoms with van der Waals surface area (Å²) in [4.78, 5) is 29.1. The van der Waals surface area contributed by atoms with E-state index >= 15 is 0 Å². The van der Waals surface area contributed by atoms with E-state index in [1.807, 2.05) is 24.3 Å². The van der Waals surface area contributed by atoms with Crippen LogP contribution in [0.1, 0.15) is 54.8 Å². The number of nitrogens with zero attached hydrogens (tertiary/aromatic N) is 2. The van der Waals surface area contributed by atoms with Crippen molar-refractivity contribution in [2.24, 2.45) is 0 Å². The number of aryl methyl sites for hydroxylation is 2. The highest BCUT2D eigenvalue weighted by atomic mass is 16.5. The van der Waals surface area contributed by atoms with Crippen LogP contribution >= 0.6 is 0 Å². The van der Waals surface area contributed by atoms with Gasteiger partial charge >= 0.3 is 0 Å². The van der Waals surface area contributed by atoms with Gasteiger partial charge in [-0.15, -0.1) is 0 Å². The largest absolute Gasteiger partial charge is 0.339 e. The fourth-order valence-corrected chi connectivity index (χ4v) is 2.89. The van der Waals surface area contributed by atoms with Crippen LogP contribution in [-0.2, 0) is 16.6 Å². The Balaban J connectivity index is 1.64. The van der Waals surface area contributed by atoms with E-state index < -0.39 is 0 Å². The van der Waals surface area contributed by atoms with E-state index in [-0.39, 0.29) is 23.7 Å². The number of amides is 2. The van der Waals surface area contributed by atoms with Crippen LogP contribution in [-0.4, -0.2) is 22.0 Å². The van der Waals surface area contributed by atoms with Gasteiger partial charge in [0.25, 0.3) is 5.91 Å². The average Bonchev–Trinajstić information content (AvgIpc) is 3.12. The SMILES string of the molecule is Cc1noc(CCC(=O)Nc2ccccc2NC(=O)c2ccc(C(C)(C)C)cc2)n1. The zero-order valence-electron chi connectivity index (χ0n) is 17.7. The molecule has 7 nitrogen and oxygen atoms in total. The van der Waals surface area contributed by atoms with Crippen LogP contribution in [0.15, 0.2) is 53.1 Å². The van der Waals surface area contributed by atoms with Crippen LogP contribution in [0.25, 0.3) is 0 Å². The second-order valence-electron chi connectivity index (χ2n) is 8.11. The molecular weight excluding hydrogens is 380 g/mol. The first-order chi connectivity index (χ1) is 14.2. The lowest BCUT2D eigenvalue weighted by molar-refractivity contribution is -0.116. The number of rotatable bonds is 6. The fourth-order valence-electron chi connectivity index (χ4n) is 2.89. The number of nitrogens with one attached hydrogen (secondary N) is 2. The van der Waals surface area contributed by atoms with Crippen molar-refractivity contribution in [3.8, 4) is 0 Å². The Morgan fingerprint density at radius 1 is 0.967 bits per heavy atom. The van der Waals surface area contributed by atoms with E-state index in [0.717, 1.165) is 5.56 Å². The number of aromatic nitrogens is 2. The van der Waals surface area contributed by atoms with Crippen molar-refractivity contribution in [2.45, 2.75) is 46.0 Å². The van der Waals surface area contributed by atoms with Crippen LogP contribution in [0.4, 0.5) is 11.4 Å². The minimum atomic E-state index is -0.238. The molecule has 0 saturated carbocycles. The van der Waals surface area contributed by atoms with E-state index in [0.29, 0.717) is 35.1 Å². The molecule has 0 bridgehead atoms. The molecule has 30 heavy (non-hydrogen) atoms. The summed E-state index contributed by atoms with van der Waals surface area (Å²) < 4.78 is 5.02. The summed E-state index contributed by atoms with van der Waals surface area (Å²) in [5, 5.41) is 9.41. The third kappa shape index (κ3) is 5.53. The van der Waals surface area contributed by atoms with Crippen LogP contribution in [0.5, 0.6) is 0 Å². The summed E-state index contributed by atoms with van der Waals surface area (Å²) in [6.07, 6.45) is 0.541.